The maximum atomic E-state index is 11.2. The lowest BCUT2D eigenvalue weighted by molar-refractivity contribution is 0.0696. The first-order valence-electron chi connectivity index (χ1n) is 9.29. The number of carbonyl (C=O) groups is 1. The highest BCUT2D eigenvalue weighted by atomic mass is 16.4. The van der Waals surface area contributed by atoms with Gasteiger partial charge in [0.1, 0.15) is 0 Å². The summed E-state index contributed by atoms with van der Waals surface area (Å²) in [6, 6.07) is 16.4. The lowest BCUT2D eigenvalue weighted by Gasteiger charge is -2.46. The van der Waals surface area contributed by atoms with Crippen LogP contribution in [0.1, 0.15) is 52.7 Å². The Morgan fingerprint density at radius 3 is 2.80 bits per heavy atom. The Morgan fingerprint density at radius 2 is 1.92 bits per heavy atom. The number of aryl methyl sites for hydroxylation is 1. The number of fused-ring (bicyclic) bond motifs is 2. The second-order valence-electron chi connectivity index (χ2n) is 7.61. The summed E-state index contributed by atoms with van der Waals surface area (Å²) in [4.78, 5) is 13.7. The Balaban J connectivity index is 1.56. The summed E-state index contributed by atoms with van der Waals surface area (Å²) in [5.41, 5.74) is 4.86. The van der Waals surface area contributed by atoms with Crippen LogP contribution in [0.2, 0.25) is 0 Å². The molecule has 1 aliphatic carbocycles. The molecule has 3 nitrogen and oxygen atoms in total. The van der Waals surface area contributed by atoms with Crippen molar-refractivity contribution in [1.29, 1.82) is 0 Å². The van der Waals surface area contributed by atoms with Crippen molar-refractivity contribution in [2.75, 3.05) is 13.1 Å². The fraction of sp³-hybridized carbons (Fsp3) is 0.409. The molecule has 1 saturated heterocycles. The van der Waals surface area contributed by atoms with Crippen molar-refractivity contribution in [3.05, 3.63) is 70.8 Å². The van der Waals surface area contributed by atoms with Gasteiger partial charge in [-0.15, -0.1) is 0 Å². The number of aromatic carboxylic acids is 1. The van der Waals surface area contributed by atoms with Gasteiger partial charge in [0, 0.05) is 18.5 Å². The van der Waals surface area contributed by atoms with Gasteiger partial charge in [-0.05, 0) is 67.5 Å². The molecule has 4 rings (SSSR count). The molecule has 1 fully saturated rings. The molecule has 1 heterocycles. The van der Waals surface area contributed by atoms with Gasteiger partial charge in [-0.3, -0.25) is 4.90 Å². The third-order valence-corrected chi connectivity index (χ3v) is 5.93. The quantitative estimate of drug-likeness (QED) is 0.911. The van der Waals surface area contributed by atoms with Crippen molar-refractivity contribution in [2.45, 2.75) is 44.1 Å². The van der Waals surface area contributed by atoms with Crippen molar-refractivity contribution in [2.24, 2.45) is 0 Å². The van der Waals surface area contributed by atoms with E-state index in [2.05, 4.69) is 29.2 Å². The van der Waals surface area contributed by atoms with E-state index in [1.54, 1.807) is 11.6 Å². The van der Waals surface area contributed by atoms with E-state index in [0.29, 0.717) is 5.56 Å². The molecular formula is C22H25NO2. The summed E-state index contributed by atoms with van der Waals surface area (Å²) >= 11 is 0. The van der Waals surface area contributed by atoms with E-state index in [-0.39, 0.29) is 5.41 Å². The minimum Gasteiger partial charge on any atom is -0.478 e. The van der Waals surface area contributed by atoms with Gasteiger partial charge in [-0.25, -0.2) is 4.79 Å². The summed E-state index contributed by atoms with van der Waals surface area (Å²) in [6.07, 6.45) is 6.25. The predicted molar refractivity (Wildman–Crippen MR) is 99.0 cm³/mol. The topological polar surface area (TPSA) is 40.5 Å². The fourth-order valence-corrected chi connectivity index (χ4v) is 4.85. The zero-order chi connectivity index (χ0) is 17.3. The van der Waals surface area contributed by atoms with Crippen LogP contribution in [-0.4, -0.2) is 29.1 Å². The van der Waals surface area contributed by atoms with Gasteiger partial charge in [-0.2, -0.15) is 0 Å². The highest BCUT2D eigenvalue weighted by Gasteiger charge is 2.39. The van der Waals surface area contributed by atoms with Crippen LogP contribution in [0.25, 0.3) is 0 Å². The highest BCUT2D eigenvalue weighted by Crippen LogP contribution is 2.43. The second-order valence-corrected chi connectivity index (χ2v) is 7.61. The number of rotatable bonds is 3. The molecule has 25 heavy (non-hydrogen) atoms. The maximum absolute atomic E-state index is 11.2. The zero-order valence-electron chi connectivity index (χ0n) is 14.6. The van der Waals surface area contributed by atoms with Crippen LogP contribution in [0.5, 0.6) is 0 Å². The first-order valence-corrected chi connectivity index (χ1v) is 9.29. The number of benzene rings is 2. The number of piperidine rings is 1. The SMILES string of the molecule is O=C(O)c1cccc(CN2CCCC3(CCCc4ccccc43)C2)c1. The molecule has 1 aliphatic heterocycles. The molecule has 2 aromatic carbocycles. The molecule has 1 unspecified atom stereocenters. The van der Waals surface area contributed by atoms with Crippen LogP contribution in [0.4, 0.5) is 0 Å². The molecule has 3 heteroatoms. The molecule has 2 aromatic rings. The minimum absolute atomic E-state index is 0.289. The summed E-state index contributed by atoms with van der Waals surface area (Å²) in [7, 11) is 0. The van der Waals surface area contributed by atoms with Crippen LogP contribution in [0.3, 0.4) is 0 Å². The van der Waals surface area contributed by atoms with Gasteiger partial charge in [0.05, 0.1) is 5.56 Å². The zero-order valence-corrected chi connectivity index (χ0v) is 14.6. The van der Waals surface area contributed by atoms with Crippen molar-refractivity contribution in [3.8, 4) is 0 Å². The van der Waals surface area contributed by atoms with Gasteiger partial charge >= 0.3 is 5.97 Å². The van der Waals surface area contributed by atoms with Crippen molar-refractivity contribution < 1.29 is 9.90 Å². The lowest BCUT2D eigenvalue weighted by atomic mass is 9.66. The molecule has 0 amide bonds. The largest absolute Gasteiger partial charge is 0.478 e. The fourth-order valence-electron chi connectivity index (χ4n) is 4.85. The number of hydrogen-bond donors (Lipinski definition) is 1. The van der Waals surface area contributed by atoms with Crippen molar-refractivity contribution >= 4 is 5.97 Å². The molecular weight excluding hydrogens is 310 g/mol. The van der Waals surface area contributed by atoms with E-state index in [9.17, 15) is 9.90 Å². The molecule has 0 bridgehead atoms. The number of carboxylic acid groups (broad SMARTS) is 1. The Labute approximate surface area is 149 Å². The molecule has 1 atom stereocenters. The third kappa shape index (κ3) is 3.21. The predicted octanol–water partition coefficient (Wildman–Crippen LogP) is 4.25. The average molecular weight is 335 g/mol. The molecule has 1 N–H and O–H groups in total. The summed E-state index contributed by atoms with van der Waals surface area (Å²) in [5, 5.41) is 9.21. The Bertz CT molecular complexity index is 785. The molecule has 2 aliphatic rings. The van der Waals surface area contributed by atoms with E-state index >= 15 is 0 Å². The van der Waals surface area contributed by atoms with Crippen molar-refractivity contribution in [3.63, 3.8) is 0 Å². The van der Waals surface area contributed by atoms with Crippen LogP contribution in [-0.2, 0) is 18.4 Å². The monoisotopic (exact) mass is 335 g/mol. The van der Waals surface area contributed by atoms with Crippen LogP contribution in [0.15, 0.2) is 48.5 Å². The first-order chi connectivity index (χ1) is 12.2. The summed E-state index contributed by atoms with van der Waals surface area (Å²) in [5.74, 6) is -0.849. The maximum Gasteiger partial charge on any atom is 0.335 e. The smallest absolute Gasteiger partial charge is 0.335 e. The Hall–Kier alpha value is -2.13. The van der Waals surface area contributed by atoms with Gasteiger partial charge in [0.25, 0.3) is 0 Å². The van der Waals surface area contributed by atoms with Crippen LogP contribution < -0.4 is 0 Å². The first kappa shape index (κ1) is 16.3. The standard InChI is InChI=1S/C22H25NO2/c24-21(25)19-8-3-6-17(14-19)15-23-13-5-12-22(16-23)11-4-9-18-7-1-2-10-20(18)22/h1-3,6-8,10,14H,4-5,9,11-13,15-16H2,(H,24,25). The molecule has 0 radical (unpaired) electrons. The Kier molecular flexibility index (Phi) is 4.34. The molecule has 130 valence electrons. The molecule has 1 spiro atoms. The highest BCUT2D eigenvalue weighted by molar-refractivity contribution is 5.87. The van der Waals surface area contributed by atoms with Gasteiger partial charge in [-0.1, -0.05) is 36.4 Å². The summed E-state index contributed by atoms with van der Waals surface area (Å²) in [6.45, 7) is 3.02. The van der Waals surface area contributed by atoms with E-state index in [1.807, 2.05) is 18.2 Å². The van der Waals surface area contributed by atoms with E-state index in [0.717, 1.165) is 25.2 Å². The van der Waals surface area contributed by atoms with E-state index < -0.39 is 5.97 Å². The van der Waals surface area contributed by atoms with Crippen LogP contribution in [0, 0.1) is 0 Å². The lowest BCUT2D eigenvalue weighted by Crippen LogP contribution is -2.47. The number of hydrogen-bond acceptors (Lipinski definition) is 2. The van der Waals surface area contributed by atoms with Crippen molar-refractivity contribution in [1.82, 2.24) is 4.90 Å². The Morgan fingerprint density at radius 1 is 1.08 bits per heavy atom. The number of likely N-dealkylation sites (tertiary alicyclic amines) is 1. The number of nitrogens with zero attached hydrogens (tertiary/aromatic N) is 1. The van der Waals surface area contributed by atoms with Gasteiger partial charge in [0.15, 0.2) is 0 Å². The average Bonchev–Trinajstić information content (AvgIpc) is 2.63. The molecule has 0 saturated carbocycles. The summed E-state index contributed by atoms with van der Waals surface area (Å²) < 4.78 is 0. The van der Waals surface area contributed by atoms with E-state index in [4.69, 9.17) is 0 Å². The van der Waals surface area contributed by atoms with Gasteiger partial charge < -0.3 is 5.11 Å². The third-order valence-electron chi connectivity index (χ3n) is 5.93. The van der Waals surface area contributed by atoms with Crippen LogP contribution >= 0.6 is 0 Å². The second kappa shape index (κ2) is 6.64. The number of carboxylic acids is 1. The molecule has 0 aromatic heterocycles. The van der Waals surface area contributed by atoms with E-state index in [1.165, 1.54) is 37.7 Å². The van der Waals surface area contributed by atoms with Gasteiger partial charge in [0.2, 0.25) is 0 Å². The normalized spacial score (nSPS) is 23.4. The minimum atomic E-state index is -0.849.